The zero-order chi connectivity index (χ0) is 63.4. The maximum absolute atomic E-state index is 2.41. The van der Waals surface area contributed by atoms with Crippen molar-refractivity contribution in [1.82, 2.24) is 0 Å². The molecule has 0 bridgehead atoms. The summed E-state index contributed by atoms with van der Waals surface area (Å²) in [5.74, 6) is 0. The number of aryl methyl sites for hydroxylation is 12. The van der Waals surface area contributed by atoms with Crippen molar-refractivity contribution in [1.29, 1.82) is 0 Å². The van der Waals surface area contributed by atoms with Gasteiger partial charge in [0, 0.05) is 5.41 Å². The summed E-state index contributed by atoms with van der Waals surface area (Å²) in [6.45, 7) is 30.4. The monoisotopic (exact) mass is 1170 g/mol. The summed E-state index contributed by atoms with van der Waals surface area (Å²) in [4.78, 5) is 0. The third-order valence-corrected chi connectivity index (χ3v) is 18.8. The molecule has 0 amide bonds. The summed E-state index contributed by atoms with van der Waals surface area (Å²) in [5.41, 5.74) is 35.5. The van der Waals surface area contributed by atoms with E-state index in [1.165, 1.54) is 166 Å². The molecule has 0 saturated carbocycles. The normalized spacial score (nSPS) is 12.5. The Morgan fingerprint density at radius 1 is 0.189 bits per heavy atom. The molecule has 0 nitrogen and oxygen atoms in total. The Kier molecular flexibility index (Phi) is 18.1. The molecule has 0 fully saturated rings. The maximum Gasteiger partial charge on any atom is 0.0725 e. The van der Waals surface area contributed by atoms with Crippen LogP contribution in [0.15, 0.2) is 267 Å². The van der Waals surface area contributed by atoms with Crippen LogP contribution in [0.25, 0.3) is 66.1 Å². The number of rotatable bonds is 1. The van der Waals surface area contributed by atoms with Crippen LogP contribution in [0.3, 0.4) is 0 Å². The number of hydrogen-bond acceptors (Lipinski definition) is 0. The van der Waals surface area contributed by atoms with Crippen molar-refractivity contribution in [3.05, 3.63) is 367 Å². The smallest absolute Gasteiger partial charge is 0.0619 e. The molecule has 90 heavy (non-hydrogen) atoms. The molecule has 0 atom stereocenters. The van der Waals surface area contributed by atoms with Crippen molar-refractivity contribution in [3.63, 3.8) is 0 Å². The second-order valence-electron chi connectivity index (χ2n) is 26.0. The van der Waals surface area contributed by atoms with Gasteiger partial charge in [-0.3, -0.25) is 0 Å². The molecule has 16 rings (SSSR count). The third-order valence-electron chi connectivity index (χ3n) is 18.8. The van der Waals surface area contributed by atoms with Crippen LogP contribution in [0.4, 0.5) is 0 Å². The minimum absolute atomic E-state index is 0.142. The van der Waals surface area contributed by atoms with E-state index in [1.54, 1.807) is 0 Å². The van der Waals surface area contributed by atoms with Crippen LogP contribution >= 0.6 is 0 Å². The Morgan fingerprint density at radius 2 is 0.433 bits per heavy atom. The molecule has 0 heterocycles. The van der Waals surface area contributed by atoms with E-state index in [1.807, 2.05) is 0 Å². The molecule has 3 aliphatic carbocycles. The van der Waals surface area contributed by atoms with E-state index in [0.29, 0.717) is 0 Å². The molecule has 3 aliphatic rings. The second kappa shape index (κ2) is 26.2. The predicted octanol–water partition coefficient (Wildman–Crippen LogP) is 24.4. The Balaban J connectivity index is 0.000000116. The van der Waals surface area contributed by atoms with Crippen molar-refractivity contribution >= 4 is 21.5 Å². The van der Waals surface area contributed by atoms with Gasteiger partial charge in [-0.15, -0.1) is 0 Å². The first-order chi connectivity index (χ1) is 43.3. The van der Waals surface area contributed by atoms with E-state index in [0.717, 1.165) is 0 Å². The maximum atomic E-state index is 2.41. The molecule has 0 aliphatic heterocycles. The Morgan fingerprint density at radius 3 is 0.778 bits per heavy atom. The number of hydrogen-bond donors (Lipinski definition) is 0. The molecule has 0 aromatic heterocycles. The van der Waals surface area contributed by atoms with Crippen LogP contribution in [0.2, 0.25) is 0 Å². The SMILES string of the molecule is Cc1ccc(-c2ccc(C)cc2)cc1.Cc1ccc(C)c2ccccc12.Cc1ccc(C)cc1.Cc1ccc2c(c1)C(C)(C)c1cc(C)ccc1-2.Cc1ccc2c(c1)C1(c3ccccc3-c3ccccc31)c1cc(C)ccc1-2.Cc1cccc2c(C)cccc12. The Bertz CT molecular complexity index is 4380. The fraction of sp³-hybridized carbons (Fsp3) is 0.178. The first-order valence-corrected chi connectivity index (χ1v) is 32.0. The van der Waals surface area contributed by atoms with Gasteiger partial charge in [0.15, 0.2) is 0 Å². The third kappa shape index (κ3) is 12.4. The number of fused-ring (bicyclic) bond motifs is 15. The van der Waals surface area contributed by atoms with Crippen molar-refractivity contribution < 1.29 is 0 Å². The molecule has 446 valence electrons. The van der Waals surface area contributed by atoms with Gasteiger partial charge in [0.25, 0.3) is 0 Å². The highest BCUT2D eigenvalue weighted by Crippen LogP contribution is 2.63. The van der Waals surface area contributed by atoms with E-state index >= 15 is 0 Å². The van der Waals surface area contributed by atoms with Crippen molar-refractivity contribution in [2.45, 2.75) is 108 Å². The lowest BCUT2D eigenvalue weighted by molar-refractivity contribution is 0.659. The van der Waals surface area contributed by atoms with Crippen LogP contribution in [0.1, 0.15) is 114 Å². The standard InChI is InChI=1S/C27H20.C17H18.C14H14.2C12H12.C8H10/c1-17-11-13-21-22-14-12-18(2)16-26(22)27(25(21)15-17)23-9-5-3-7-19(23)20-8-4-6-10-24(20)27;1-11-5-7-13-14-8-6-12(2)10-16(14)17(3,4)15(13)9-11;1-11-3-7-13(8-4-11)14-9-5-12(2)6-10-14;1-9-5-3-8-12-10(2)6-4-7-11(9)12;1-9-7-8-10(2)12-6-4-3-5-11(9)12;1-7-3-5-8(2)6-4-7/h3-16H,1-2H3;5-10H,1-4H3;3-10H,1-2H3;2*3-8H,1-2H3;3-6H,1-2H3. The molecule has 0 saturated heterocycles. The average Bonchev–Trinajstić information content (AvgIpc) is 1.51. The van der Waals surface area contributed by atoms with Crippen LogP contribution in [0.5, 0.6) is 0 Å². The van der Waals surface area contributed by atoms with Crippen molar-refractivity contribution in [2.24, 2.45) is 0 Å². The lowest BCUT2D eigenvalue weighted by Crippen LogP contribution is -2.26. The Labute approximate surface area is 537 Å². The average molecular weight is 1170 g/mol. The molecule has 1 spiro atoms. The highest BCUT2D eigenvalue weighted by Gasteiger charge is 2.51. The van der Waals surface area contributed by atoms with Crippen molar-refractivity contribution in [2.75, 3.05) is 0 Å². The van der Waals surface area contributed by atoms with E-state index in [4.69, 9.17) is 0 Å². The summed E-state index contributed by atoms with van der Waals surface area (Å²) in [6, 6.07) is 97.1. The highest BCUT2D eigenvalue weighted by atomic mass is 14.5. The molecular weight excluding hydrogens is 1080 g/mol. The lowest BCUT2D eigenvalue weighted by atomic mass is 9.70. The van der Waals surface area contributed by atoms with Gasteiger partial charge in [-0.05, 0) is 205 Å². The van der Waals surface area contributed by atoms with Gasteiger partial charge in [0.05, 0.1) is 5.41 Å². The molecule has 0 unspecified atom stereocenters. The molecular formula is C90H86. The first kappa shape index (κ1) is 62.0. The second-order valence-corrected chi connectivity index (χ2v) is 26.0. The van der Waals surface area contributed by atoms with Crippen LogP contribution in [0, 0.1) is 83.1 Å². The van der Waals surface area contributed by atoms with Crippen LogP contribution < -0.4 is 0 Å². The van der Waals surface area contributed by atoms with Gasteiger partial charge >= 0.3 is 0 Å². The highest BCUT2D eigenvalue weighted by molar-refractivity contribution is 5.95. The van der Waals surface area contributed by atoms with Gasteiger partial charge in [0.2, 0.25) is 0 Å². The minimum Gasteiger partial charge on any atom is -0.0619 e. The van der Waals surface area contributed by atoms with E-state index in [-0.39, 0.29) is 10.8 Å². The minimum atomic E-state index is -0.199. The quantitative estimate of drug-likeness (QED) is 0.154. The molecule has 0 radical (unpaired) electrons. The van der Waals surface area contributed by atoms with E-state index < -0.39 is 0 Å². The fourth-order valence-corrected chi connectivity index (χ4v) is 13.7. The zero-order valence-electron chi connectivity index (χ0n) is 55.4. The van der Waals surface area contributed by atoms with Gasteiger partial charge < -0.3 is 0 Å². The van der Waals surface area contributed by atoms with Crippen LogP contribution in [-0.2, 0) is 10.8 Å². The molecule has 13 aromatic rings. The summed E-state index contributed by atoms with van der Waals surface area (Å²) >= 11 is 0. The van der Waals surface area contributed by atoms with Gasteiger partial charge in [0.1, 0.15) is 0 Å². The largest absolute Gasteiger partial charge is 0.0725 e. The molecule has 0 N–H and O–H groups in total. The topological polar surface area (TPSA) is 0 Å². The zero-order valence-corrected chi connectivity index (χ0v) is 55.4. The molecule has 13 aromatic carbocycles. The van der Waals surface area contributed by atoms with Crippen LogP contribution in [-0.4, -0.2) is 0 Å². The van der Waals surface area contributed by atoms with Gasteiger partial charge in [-0.1, -0.05) is 325 Å². The predicted molar refractivity (Wildman–Crippen MR) is 390 cm³/mol. The Hall–Kier alpha value is -9.62. The number of benzene rings is 13. The fourth-order valence-electron chi connectivity index (χ4n) is 13.7. The van der Waals surface area contributed by atoms with Crippen molar-refractivity contribution in [3.8, 4) is 44.5 Å². The molecule has 0 heteroatoms. The first-order valence-electron chi connectivity index (χ1n) is 32.0. The van der Waals surface area contributed by atoms with E-state index in [2.05, 4.69) is 364 Å². The summed E-state index contributed by atoms with van der Waals surface area (Å²) in [5, 5.41) is 5.49. The van der Waals surface area contributed by atoms with Gasteiger partial charge in [-0.2, -0.15) is 0 Å². The summed E-state index contributed by atoms with van der Waals surface area (Å²) < 4.78 is 0. The van der Waals surface area contributed by atoms with E-state index in [9.17, 15) is 0 Å². The lowest BCUT2D eigenvalue weighted by Gasteiger charge is -2.30. The summed E-state index contributed by atoms with van der Waals surface area (Å²) in [6.07, 6.45) is 0. The van der Waals surface area contributed by atoms with Gasteiger partial charge in [-0.25, -0.2) is 0 Å². The summed E-state index contributed by atoms with van der Waals surface area (Å²) in [7, 11) is 0.